The molecule has 59 heavy (non-hydrogen) atoms. The van der Waals surface area contributed by atoms with E-state index in [1.165, 1.54) is 85.8 Å². The molecule has 0 aliphatic heterocycles. The Kier molecular flexibility index (Phi) is 7.75. The van der Waals surface area contributed by atoms with Crippen LogP contribution in [0, 0.1) is 0 Å². The second-order valence-corrected chi connectivity index (χ2v) is 16.4. The van der Waals surface area contributed by atoms with Crippen LogP contribution >= 0.6 is 11.3 Å². The highest BCUT2D eigenvalue weighted by atomic mass is 32.1. The second-order valence-electron chi connectivity index (χ2n) is 15.3. The summed E-state index contributed by atoms with van der Waals surface area (Å²) in [6.07, 6.45) is 0. The molecule has 0 fully saturated rings. The number of aromatic nitrogens is 1. The lowest BCUT2D eigenvalue weighted by Gasteiger charge is -2.27. The monoisotopic (exact) mass is 768 g/mol. The Morgan fingerprint density at radius 1 is 0.356 bits per heavy atom. The first-order chi connectivity index (χ1) is 29.3. The molecule has 0 aliphatic rings. The number of rotatable bonds is 6. The van der Waals surface area contributed by atoms with Crippen molar-refractivity contribution in [2.75, 3.05) is 4.90 Å². The zero-order valence-electron chi connectivity index (χ0n) is 32.1. The van der Waals surface area contributed by atoms with E-state index in [4.69, 9.17) is 0 Å². The van der Waals surface area contributed by atoms with Gasteiger partial charge in [-0.2, -0.15) is 0 Å². The summed E-state index contributed by atoms with van der Waals surface area (Å²) in [7, 11) is 0. The van der Waals surface area contributed by atoms with Crippen LogP contribution in [0.2, 0.25) is 0 Å². The molecule has 10 aromatic carbocycles. The highest BCUT2D eigenvalue weighted by Gasteiger charge is 2.19. The van der Waals surface area contributed by atoms with Crippen molar-refractivity contribution in [2.45, 2.75) is 0 Å². The maximum atomic E-state index is 2.43. The lowest BCUT2D eigenvalue weighted by atomic mass is 9.91. The molecule has 276 valence electrons. The zero-order chi connectivity index (χ0) is 38.9. The standard InChI is InChI=1S/C56H36N2S/c1-2-13-37(14-3-1)44-21-10-15-39-16-11-22-45(56(39)44)38-27-29-41(30-28-38)57(53-25-12-17-40-35-50-48-20-6-9-26-54(48)59-55(50)36-49(40)53)42-31-33-43(34-32-42)58-51-23-7-4-18-46(51)47-19-5-8-24-52(47)58/h1-36H. The summed E-state index contributed by atoms with van der Waals surface area (Å²) in [5.41, 5.74) is 11.8. The molecule has 2 nitrogen and oxygen atoms in total. The Balaban J connectivity index is 1.03. The number of nitrogens with zero attached hydrogens (tertiary/aromatic N) is 2. The summed E-state index contributed by atoms with van der Waals surface area (Å²) >= 11 is 1.87. The van der Waals surface area contributed by atoms with Crippen LogP contribution in [0.4, 0.5) is 17.1 Å². The van der Waals surface area contributed by atoms with E-state index in [2.05, 4.69) is 228 Å². The van der Waals surface area contributed by atoms with Gasteiger partial charge in [0.25, 0.3) is 0 Å². The van der Waals surface area contributed by atoms with Gasteiger partial charge in [0.1, 0.15) is 0 Å². The van der Waals surface area contributed by atoms with Crippen LogP contribution in [0.15, 0.2) is 218 Å². The number of hydrogen-bond acceptors (Lipinski definition) is 2. The molecule has 12 aromatic rings. The molecule has 0 radical (unpaired) electrons. The third-order valence-electron chi connectivity index (χ3n) is 12.0. The number of thiophene rings is 1. The first-order valence-corrected chi connectivity index (χ1v) is 21.0. The van der Waals surface area contributed by atoms with E-state index in [9.17, 15) is 0 Å². The van der Waals surface area contributed by atoms with E-state index < -0.39 is 0 Å². The SMILES string of the molecule is c1ccc(-c2cccc3cccc(-c4ccc(N(c5ccc(-n6c7ccccc7c7ccccc76)cc5)c5cccc6cc7c(cc56)sc5ccccc57)cc4)c23)cc1. The molecule has 3 heteroatoms. The van der Waals surface area contributed by atoms with Crippen molar-refractivity contribution in [3.63, 3.8) is 0 Å². The van der Waals surface area contributed by atoms with Gasteiger partial charge >= 0.3 is 0 Å². The molecule has 0 bridgehead atoms. The molecule has 0 N–H and O–H groups in total. The Bertz CT molecular complexity index is 3480. The van der Waals surface area contributed by atoms with Crippen molar-refractivity contribution in [1.82, 2.24) is 4.57 Å². The van der Waals surface area contributed by atoms with Crippen LogP contribution < -0.4 is 4.90 Å². The summed E-state index contributed by atoms with van der Waals surface area (Å²) < 4.78 is 5.00. The van der Waals surface area contributed by atoms with Crippen LogP contribution in [0.25, 0.3) is 91.5 Å². The number of anilines is 3. The number of hydrogen-bond donors (Lipinski definition) is 0. The Labute approximate surface area is 346 Å². The summed E-state index contributed by atoms with van der Waals surface area (Å²) in [6, 6.07) is 80.0. The zero-order valence-corrected chi connectivity index (χ0v) is 32.9. The molecule has 12 rings (SSSR count). The van der Waals surface area contributed by atoms with Gasteiger partial charge in [0, 0.05) is 53.4 Å². The third-order valence-corrected chi connectivity index (χ3v) is 13.1. The van der Waals surface area contributed by atoms with Gasteiger partial charge in [-0.3, -0.25) is 0 Å². The molecule has 0 amide bonds. The fourth-order valence-corrected chi connectivity index (χ4v) is 10.4. The smallest absolute Gasteiger partial charge is 0.0541 e. The largest absolute Gasteiger partial charge is 0.310 e. The van der Waals surface area contributed by atoms with Gasteiger partial charge in [-0.05, 0) is 111 Å². The average molecular weight is 769 g/mol. The van der Waals surface area contributed by atoms with Crippen LogP contribution in [0.5, 0.6) is 0 Å². The molecular weight excluding hydrogens is 733 g/mol. The molecular formula is C56H36N2S. The van der Waals surface area contributed by atoms with Gasteiger partial charge in [-0.1, -0.05) is 146 Å². The number of benzene rings is 10. The van der Waals surface area contributed by atoms with Crippen LogP contribution in [-0.4, -0.2) is 4.57 Å². The highest BCUT2D eigenvalue weighted by molar-refractivity contribution is 7.25. The molecule has 0 aliphatic carbocycles. The highest BCUT2D eigenvalue weighted by Crippen LogP contribution is 2.44. The van der Waals surface area contributed by atoms with Crippen LogP contribution in [-0.2, 0) is 0 Å². The Morgan fingerprint density at radius 3 is 1.61 bits per heavy atom. The van der Waals surface area contributed by atoms with Crippen molar-refractivity contribution < 1.29 is 0 Å². The van der Waals surface area contributed by atoms with Gasteiger partial charge < -0.3 is 9.47 Å². The first kappa shape index (κ1) is 33.7. The summed E-state index contributed by atoms with van der Waals surface area (Å²) in [6.45, 7) is 0. The van der Waals surface area contributed by atoms with Crippen molar-refractivity contribution in [2.24, 2.45) is 0 Å². The second kappa shape index (κ2) is 13.6. The number of para-hydroxylation sites is 2. The van der Waals surface area contributed by atoms with E-state index in [0.717, 1.165) is 22.7 Å². The van der Waals surface area contributed by atoms with Gasteiger partial charge in [0.2, 0.25) is 0 Å². The lowest BCUT2D eigenvalue weighted by molar-refractivity contribution is 1.17. The Morgan fingerprint density at radius 2 is 0.915 bits per heavy atom. The average Bonchev–Trinajstić information content (AvgIpc) is 3.84. The first-order valence-electron chi connectivity index (χ1n) is 20.2. The van der Waals surface area contributed by atoms with Crippen molar-refractivity contribution >= 4 is 91.9 Å². The molecule has 0 saturated carbocycles. The van der Waals surface area contributed by atoms with E-state index in [-0.39, 0.29) is 0 Å². The fraction of sp³-hybridized carbons (Fsp3) is 0. The quantitative estimate of drug-likeness (QED) is 0.164. The molecule has 0 saturated heterocycles. The number of fused-ring (bicyclic) bond motifs is 8. The van der Waals surface area contributed by atoms with Crippen molar-refractivity contribution in [3.8, 4) is 27.9 Å². The lowest BCUT2D eigenvalue weighted by Crippen LogP contribution is -2.10. The topological polar surface area (TPSA) is 8.17 Å². The predicted molar refractivity (Wildman–Crippen MR) is 254 cm³/mol. The minimum atomic E-state index is 1.10. The van der Waals surface area contributed by atoms with Crippen molar-refractivity contribution in [3.05, 3.63) is 218 Å². The van der Waals surface area contributed by atoms with Gasteiger partial charge in [-0.25, -0.2) is 0 Å². The van der Waals surface area contributed by atoms with Crippen LogP contribution in [0.3, 0.4) is 0 Å². The summed E-state index contributed by atoms with van der Waals surface area (Å²) in [4.78, 5) is 2.43. The molecule has 0 spiro atoms. The maximum Gasteiger partial charge on any atom is 0.0541 e. The van der Waals surface area contributed by atoms with Crippen molar-refractivity contribution in [1.29, 1.82) is 0 Å². The predicted octanol–water partition coefficient (Wildman–Crippen LogP) is 16.3. The fourth-order valence-electron chi connectivity index (χ4n) is 9.28. The summed E-state index contributed by atoms with van der Waals surface area (Å²) in [5.74, 6) is 0. The maximum absolute atomic E-state index is 2.43. The molecule has 0 unspecified atom stereocenters. The third kappa shape index (κ3) is 5.47. The van der Waals surface area contributed by atoms with Gasteiger partial charge in [0.05, 0.1) is 16.7 Å². The summed E-state index contributed by atoms with van der Waals surface area (Å²) in [5, 5.41) is 10.1. The minimum Gasteiger partial charge on any atom is -0.310 e. The molecule has 0 atom stereocenters. The van der Waals surface area contributed by atoms with Crippen LogP contribution in [0.1, 0.15) is 0 Å². The van der Waals surface area contributed by atoms with Gasteiger partial charge in [-0.15, -0.1) is 11.3 Å². The Hall–Kier alpha value is -7.46. The van der Waals surface area contributed by atoms with E-state index >= 15 is 0 Å². The van der Waals surface area contributed by atoms with E-state index in [1.807, 2.05) is 11.3 Å². The minimum absolute atomic E-state index is 1.10. The molecule has 2 heterocycles. The van der Waals surface area contributed by atoms with Gasteiger partial charge in [0.15, 0.2) is 0 Å². The van der Waals surface area contributed by atoms with E-state index in [0.29, 0.717) is 0 Å². The van der Waals surface area contributed by atoms with E-state index in [1.54, 1.807) is 0 Å². The normalized spacial score (nSPS) is 11.7. The molecule has 2 aromatic heterocycles.